The third-order valence-corrected chi connectivity index (χ3v) is 11.1. The lowest BCUT2D eigenvalue weighted by atomic mass is 10.0. The molecule has 11 nitrogen and oxygen atoms in total. The van der Waals surface area contributed by atoms with Crippen molar-refractivity contribution in [1.82, 2.24) is 19.3 Å². The molecule has 1 saturated heterocycles. The monoisotopic (exact) mass is 765 g/mol. The highest BCUT2D eigenvalue weighted by Crippen LogP contribution is 2.39. The van der Waals surface area contributed by atoms with Crippen LogP contribution in [0, 0.1) is 11.6 Å². The van der Waals surface area contributed by atoms with Crippen LogP contribution in [0.25, 0.3) is 27.5 Å². The Morgan fingerprint density at radius 2 is 1.71 bits per heavy atom. The standard InChI is InChI=1S/C34H33ClF5N7O4S/c1-17-14-45(15-18(2)51-17)22-3-6-24-27(13-22)42-32(26(41)11-19-9-20(36)12-21(37)10-19)47(33(24)48)28-8-7-25(35)29-30(28)46(16-34(38,39)40)43-31(29)44-52(49,50)23-4-5-23/h3,6-10,12-13,17-18,23,26H,4-5,11,14-16,41H2,1-2H3,(H,43,44)/t17-,18+,26-/m1/s1. The van der Waals surface area contributed by atoms with E-state index in [9.17, 15) is 35.2 Å². The molecule has 1 aliphatic carbocycles. The van der Waals surface area contributed by atoms with Crippen molar-refractivity contribution in [3.8, 4) is 5.69 Å². The molecule has 1 saturated carbocycles. The summed E-state index contributed by atoms with van der Waals surface area (Å²) in [5.41, 5.74) is 6.53. The van der Waals surface area contributed by atoms with Gasteiger partial charge in [0.05, 0.1) is 56.0 Å². The fraction of sp³-hybridized carbons (Fsp3) is 0.382. The number of sulfonamides is 1. The molecule has 3 heterocycles. The lowest BCUT2D eigenvalue weighted by molar-refractivity contribution is -0.141. The first kappa shape index (κ1) is 36.1. The third-order valence-electron chi connectivity index (χ3n) is 8.97. The molecule has 18 heteroatoms. The fourth-order valence-corrected chi connectivity index (χ4v) is 8.31. The first-order chi connectivity index (χ1) is 24.5. The van der Waals surface area contributed by atoms with Crippen LogP contribution in [0.1, 0.15) is 44.1 Å². The molecule has 0 amide bonds. The van der Waals surface area contributed by atoms with Crippen LogP contribution < -0.4 is 20.9 Å². The maximum Gasteiger partial charge on any atom is 0.408 e. The van der Waals surface area contributed by atoms with Crippen molar-refractivity contribution < 1.29 is 35.1 Å². The van der Waals surface area contributed by atoms with E-state index in [1.54, 1.807) is 18.2 Å². The second-order valence-electron chi connectivity index (χ2n) is 13.3. The van der Waals surface area contributed by atoms with Crippen LogP contribution in [0.15, 0.2) is 53.3 Å². The minimum Gasteiger partial charge on any atom is -0.372 e. The van der Waals surface area contributed by atoms with Crippen LogP contribution in [-0.4, -0.2) is 64.5 Å². The molecule has 5 aromatic rings. The SMILES string of the molecule is C[C@@H]1CN(c2ccc3c(=O)n(-c4ccc(Cl)c5c(NS(=O)(=O)C6CC6)nn(CC(F)(F)F)c45)c([C@H](N)Cc4cc(F)cc(F)c4)nc3c2)C[C@H](C)O1. The Bertz CT molecular complexity index is 2350. The Hall–Kier alpha value is -4.32. The summed E-state index contributed by atoms with van der Waals surface area (Å²) < 4.78 is 106. The quantitative estimate of drug-likeness (QED) is 0.175. The number of ether oxygens (including phenoxy) is 1. The maximum atomic E-state index is 14.6. The number of hydrogen-bond donors (Lipinski definition) is 2. The zero-order valence-corrected chi connectivity index (χ0v) is 29.4. The number of nitrogens with two attached hydrogens (primary N) is 1. The number of nitrogens with one attached hydrogen (secondary N) is 1. The summed E-state index contributed by atoms with van der Waals surface area (Å²) >= 11 is 6.53. The Balaban J connectivity index is 1.47. The molecular weight excluding hydrogens is 733 g/mol. The van der Waals surface area contributed by atoms with Gasteiger partial charge in [0.2, 0.25) is 10.0 Å². The Kier molecular flexibility index (Phi) is 9.20. The van der Waals surface area contributed by atoms with Crippen LogP contribution in [0.2, 0.25) is 5.02 Å². The van der Waals surface area contributed by atoms with Crippen molar-refractivity contribution in [1.29, 1.82) is 0 Å². The number of benzene rings is 3. The second-order valence-corrected chi connectivity index (χ2v) is 15.7. The Morgan fingerprint density at radius 1 is 1.04 bits per heavy atom. The van der Waals surface area contributed by atoms with Crippen LogP contribution in [0.5, 0.6) is 0 Å². The van der Waals surface area contributed by atoms with Gasteiger partial charge in [-0.3, -0.25) is 18.8 Å². The molecule has 0 bridgehead atoms. The van der Waals surface area contributed by atoms with Crippen LogP contribution in [0.4, 0.5) is 33.5 Å². The van der Waals surface area contributed by atoms with Crippen molar-refractivity contribution in [3.63, 3.8) is 0 Å². The summed E-state index contributed by atoms with van der Waals surface area (Å²) in [5.74, 6) is -2.31. The van der Waals surface area contributed by atoms with E-state index < -0.39 is 57.0 Å². The summed E-state index contributed by atoms with van der Waals surface area (Å²) in [6, 6.07) is 9.16. The number of fused-ring (bicyclic) bond motifs is 2. The van der Waals surface area contributed by atoms with E-state index in [-0.39, 0.29) is 62.5 Å². The van der Waals surface area contributed by atoms with Crippen molar-refractivity contribution in [2.24, 2.45) is 5.73 Å². The van der Waals surface area contributed by atoms with E-state index in [2.05, 4.69) is 14.7 Å². The van der Waals surface area contributed by atoms with Crippen molar-refractivity contribution in [2.75, 3.05) is 22.7 Å². The molecule has 52 heavy (non-hydrogen) atoms. The normalized spacial score (nSPS) is 19.1. The topological polar surface area (TPSA) is 137 Å². The van der Waals surface area contributed by atoms with Crippen molar-refractivity contribution >= 4 is 54.9 Å². The van der Waals surface area contributed by atoms with E-state index in [1.807, 2.05) is 13.8 Å². The number of anilines is 2. The molecule has 276 valence electrons. The van der Waals surface area contributed by atoms with Crippen LogP contribution in [-0.2, 0) is 27.7 Å². The van der Waals surface area contributed by atoms with Gasteiger partial charge in [-0.15, -0.1) is 0 Å². The molecule has 1 aliphatic heterocycles. The van der Waals surface area contributed by atoms with Crippen LogP contribution in [0.3, 0.4) is 0 Å². The summed E-state index contributed by atoms with van der Waals surface area (Å²) in [5, 5.41) is 3.03. The zero-order valence-electron chi connectivity index (χ0n) is 27.8. The smallest absolute Gasteiger partial charge is 0.372 e. The highest BCUT2D eigenvalue weighted by molar-refractivity contribution is 7.93. The number of nitrogens with zero attached hydrogens (tertiary/aromatic N) is 5. The Labute approximate surface area is 299 Å². The minimum absolute atomic E-state index is 0.0800. The number of aromatic nitrogens is 4. The molecule has 0 spiro atoms. The van der Waals surface area contributed by atoms with Gasteiger partial charge in [0.1, 0.15) is 24.0 Å². The van der Waals surface area contributed by atoms with E-state index >= 15 is 0 Å². The molecule has 0 radical (unpaired) electrons. The number of rotatable bonds is 9. The van der Waals surface area contributed by atoms with E-state index in [4.69, 9.17) is 27.1 Å². The van der Waals surface area contributed by atoms with Gasteiger partial charge in [-0.2, -0.15) is 18.3 Å². The third kappa shape index (κ3) is 7.18. The predicted molar refractivity (Wildman–Crippen MR) is 186 cm³/mol. The molecule has 3 aromatic carbocycles. The van der Waals surface area contributed by atoms with E-state index in [0.717, 1.165) is 22.4 Å². The van der Waals surface area contributed by atoms with Crippen LogP contribution >= 0.6 is 11.6 Å². The van der Waals surface area contributed by atoms with E-state index in [0.29, 0.717) is 36.7 Å². The average Bonchev–Trinajstić information content (AvgIpc) is 3.84. The first-order valence-corrected chi connectivity index (χ1v) is 18.4. The fourth-order valence-electron chi connectivity index (χ4n) is 6.73. The van der Waals surface area contributed by atoms with Gasteiger partial charge in [0.15, 0.2) is 5.82 Å². The molecule has 2 fully saturated rings. The number of alkyl halides is 3. The minimum atomic E-state index is -4.83. The van der Waals surface area contributed by atoms with Crippen molar-refractivity contribution in [3.05, 3.63) is 86.9 Å². The largest absolute Gasteiger partial charge is 0.408 e. The lowest BCUT2D eigenvalue weighted by Gasteiger charge is -2.37. The molecule has 7 rings (SSSR count). The van der Waals surface area contributed by atoms with Crippen molar-refractivity contribution in [2.45, 2.75) is 69.3 Å². The summed E-state index contributed by atoms with van der Waals surface area (Å²) in [7, 11) is -4.02. The number of morpholine rings is 1. The number of halogens is 6. The summed E-state index contributed by atoms with van der Waals surface area (Å²) in [4.78, 5) is 21.4. The van der Waals surface area contributed by atoms with Gasteiger partial charge in [0.25, 0.3) is 5.56 Å². The molecule has 3 N–H and O–H groups in total. The zero-order chi connectivity index (χ0) is 37.3. The predicted octanol–water partition coefficient (Wildman–Crippen LogP) is 5.99. The van der Waals surface area contributed by atoms with E-state index in [1.165, 1.54) is 12.1 Å². The summed E-state index contributed by atoms with van der Waals surface area (Å²) in [6.45, 7) is 3.32. The summed E-state index contributed by atoms with van der Waals surface area (Å²) in [6.07, 6.45) is -4.48. The molecule has 2 aliphatic rings. The first-order valence-electron chi connectivity index (χ1n) is 16.4. The molecule has 0 unspecified atom stereocenters. The Morgan fingerprint density at radius 3 is 2.35 bits per heavy atom. The average molecular weight is 766 g/mol. The molecule has 2 aromatic heterocycles. The van der Waals surface area contributed by atoms with Gasteiger partial charge < -0.3 is 15.4 Å². The molecule has 3 atom stereocenters. The van der Waals surface area contributed by atoms with Gasteiger partial charge in [-0.05, 0) is 81.1 Å². The highest BCUT2D eigenvalue weighted by atomic mass is 35.5. The van der Waals surface area contributed by atoms with Gasteiger partial charge in [-0.25, -0.2) is 22.2 Å². The number of hydrogen-bond acceptors (Lipinski definition) is 8. The second kappa shape index (κ2) is 13.3. The van der Waals surface area contributed by atoms with Gasteiger partial charge >= 0.3 is 6.18 Å². The molecular formula is C34H33ClF5N7O4S. The highest BCUT2D eigenvalue weighted by Gasteiger charge is 2.38. The maximum absolute atomic E-state index is 14.6. The van der Waals surface area contributed by atoms with Gasteiger partial charge in [0, 0.05) is 24.8 Å². The lowest BCUT2D eigenvalue weighted by Crippen LogP contribution is -2.45. The van der Waals surface area contributed by atoms with Gasteiger partial charge in [-0.1, -0.05) is 11.6 Å².